The second kappa shape index (κ2) is 8.31. The Labute approximate surface area is 148 Å². The van der Waals surface area contributed by atoms with Gasteiger partial charge >= 0.3 is 5.51 Å². The highest BCUT2D eigenvalue weighted by Gasteiger charge is 2.29. The second-order valence-corrected chi connectivity index (χ2v) is 6.84. The molecule has 9 heteroatoms. The molecule has 1 amide bonds. The van der Waals surface area contributed by atoms with E-state index in [1.54, 1.807) is 18.2 Å². The lowest BCUT2D eigenvalue weighted by molar-refractivity contribution is -0.114. The number of carbonyl (C=O) groups excluding carboxylic acids is 1. The molecule has 4 nitrogen and oxygen atoms in total. The number of hydrogen-bond donors (Lipinski definition) is 1. The van der Waals surface area contributed by atoms with E-state index in [1.165, 1.54) is 0 Å². The molecule has 2 rings (SSSR count). The third-order valence-electron chi connectivity index (χ3n) is 3.76. The summed E-state index contributed by atoms with van der Waals surface area (Å²) in [6.07, 6.45) is 0. The monoisotopic (exact) mass is 381 g/mol. The van der Waals surface area contributed by atoms with Crippen LogP contribution in [0.3, 0.4) is 0 Å². The Morgan fingerprint density at radius 1 is 1.29 bits per heavy atom. The van der Waals surface area contributed by atoms with Crippen LogP contribution in [-0.4, -0.2) is 54.8 Å². The van der Waals surface area contributed by atoms with Gasteiger partial charge in [0, 0.05) is 31.2 Å². The molecule has 1 aliphatic heterocycles. The fourth-order valence-electron chi connectivity index (χ4n) is 2.52. The minimum absolute atomic E-state index is 0.355. The molecule has 0 radical (unpaired) electrons. The molecule has 1 aromatic carbocycles. The summed E-state index contributed by atoms with van der Waals surface area (Å²) in [6, 6.07) is 5.07. The standard InChI is InChI=1S/C15H19ClF3N3OS/c1-2-21-5-7-22(8-6-21)13-4-3-11(16)9-12(13)20-14(23)10-24-15(17,18)19/h3-4,9H,2,5-8,10H2,1H3,(H,20,23). The van der Waals surface area contributed by atoms with Gasteiger partial charge in [0.1, 0.15) is 0 Å². The van der Waals surface area contributed by atoms with Crippen LogP contribution in [0.1, 0.15) is 6.92 Å². The first kappa shape index (κ1) is 19.2. The summed E-state index contributed by atoms with van der Waals surface area (Å²) in [5, 5.41) is 2.97. The van der Waals surface area contributed by atoms with Crippen LogP contribution in [0.25, 0.3) is 0 Å². The zero-order valence-corrected chi connectivity index (χ0v) is 14.8. The lowest BCUT2D eigenvalue weighted by Crippen LogP contribution is -2.46. The number of piperazine rings is 1. The van der Waals surface area contributed by atoms with Gasteiger partial charge in [0.2, 0.25) is 5.91 Å². The largest absolute Gasteiger partial charge is 0.442 e. The Balaban J connectivity index is 2.06. The van der Waals surface area contributed by atoms with E-state index in [-0.39, 0.29) is 11.8 Å². The van der Waals surface area contributed by atoms with Gasteiger partial charge in [0.15, 0.2) is 0 Å². The molecule has 0 unspecified atom stereocenters. The van der Waals surface area contributed by atoms with E-state index < -0.39 is 17.2 Å². The first-order valence-corrected chi connectivity index (χ1v) is 8.92. The van der Waals surface area contributed by atoms with Gasteiger partial charge < -0.3 is 15.1 Å². The number of benzene rings is 1. The van der Waals surface area contributed by atoms with Gasteiger partial charge in [-0.1, -0.05) is 18.5 Å². The summed E-state index contributed by atoms with van der Waals surface area (Å²) < 4.78 is 36.6. The molecule has 1 fully saturated rings. The van der Waals surface area contributed by atoms with Gasteiger partial charge in [-0.2, -0.15) is 13.2 Å². The Bertz CT molecular complexity index is 578. The molecule has 1 aliphatic rings. The Morgan fingerprint density at radius 3 is 2.54 bits per heavy atom. The van der Waals surface area contributed by atoms with E-state index in [0.29, 0.717) is 10.7 Å². The van der Waals surface area contributed by atoms with Crippen molar-refractivity contribution < 1.29 is 18.0 Å². The lowest BCUT2D eigenvalue weighted by atomic mass is 10.2. The van der Waals surface area contributed by atoms with Gasteiger partial charge in [-0.15, -0.1) is 0 Å². The normalized spacial score (nSPS) is 16.3. The van der Waals surface area contributed by atoms with Crippen LogP contribution in [0.15, 0.2) is 18.2 Å². The number of likely N-dealkylation sites (N-methyl/N-ethyl adjacent to an activating group) is 1. The van der Waals surface area contributed by atoms with Crippen molar-refractivity contribution in [3.05, 3.63) is 23.2 Å². The summed E-state index contributed by atoms with van der Waals surface area (Å²) in [5.41, 5.74) is -3.20. The van der Waals surface area contributed by atoms with E-state index in [0.717, 1.165) is 38.4 Å². The molecule has 1 aromatic rings. The number of thioether (sulfide) groups is 1. The molecule has 0 spiro atoms. The smallest absolute Gasteiger partial charge is 0.367 e. The van der Waals surface area contributed by atoms with E-state index in [1.807, 2.05) is 0 Å². The highest BCUT2D eigenvalue weighted by molar-refractivity contribution is 8.00. The van der Waals surface area contributed by atoms with Crippen molar-refractivity contribution in [2.24, 2.45) is 0 Å². The molecule has 1 N–H and O–H groups in total. The molecule has 134 valence electrons. The van der Waals surface area contributed by atoms with Crippen LogP contribution in [0.4, 0.5) is 24.5 Å². The molecule has 1 saturated heterocycles. The van der Waals surface area contributed by atoms with Crippen LogP contribution in [0.2, 0.25) is 5.02 Å². The molecular formula is C15H19ClF3N3OS. The third-order valence-corrected chi connectivity index (χ3v) is 4.73. The molecule has 0 aliphatic carbocycles. The van der Waals surface area contributed by atoms with Crippen molar-refractivity contribution in [2.45, 2.75) is 12.4 Å². The SMILES string of the molecule is CCN1CCN(c2ccc(Cl)cc2NC(=O)CSC(F)(F)F)CC1. The van der Waals surface area contributed by atoms with Crippen LogP contribution in [0, 0.1) is 0 Å². The van der Waals surface area contributed by atoms with Crippen molar-refractivity contribution in [1.29, 1.82) is 0 Å². The summed E-state index contributed by atoms with van der Waals surface area (Å²) >= 11 is 5.62. The van der Waals surface area contributed by atoms with Gasteiger partial charge in [-0.05, 0) is 36.5 Å². The number of nitrogens with zero attached hydrogens (tertiary/aromatic N) is 2. The molecule has 0 atom stereocenters. The average molecular weight is 382 g/mol. The predicted octanol–water partition coefficient (Wildman–Crippen LogP) is 3.67. The maximum absolute atomic E-state index is 12.2. The lowest BCUT2D eigenvalue weighted by Gasteiger charge is -2.36. The minimum Gasteiger partial charge on any atom is -0.367 e. The number of alkyl halides is 3. The van der Waals surface area contributed by atoms with Crippen LogP contribution >= 0.6 is 23.4 Å². The van der Waals surface area contributed by atoms with Gasteiger partial charge in [0.25, 0.3) is 0 Å². The first-order valence-electron chi connectivity index (χ1n) is 7.56. The fourth-order valence-corrected chi connectivity index (χ4v) is 3.06. The summed E-state index contributed by atoms with van der Waals surface area (Å²) in [6.45, 7) is 6.45. The topological polar surface area (TPSA) is 35.6 Å². The Morgan fingerprint density at radius 2 is 1.96 bits per heavy atom. The van der Waals surface area contributed by atoms with E-state index in [9.17, 15) is 18.0 Å². The van der Waals surface area contributed by atoms with Crippen LogP contribution in [0.5, 0.6) is 0 Å². The molecule has 0 bridgehead atoms. The zero-order chi connectivity index (χ0) is 17.7. The predicted molar refractivity (Wildman–Crippen MR) is 92.9 cm³/mol. The van der Waals surface area contributed by atoms with Crippen molar-refractivity contribution in [3.8, 4) is 0 Å². The van der Waals surface area contributed by atoms with Crippen molar-refractivity contribution in [2.75, 3.05) is 48.7 Å². The van der Waals surface area contributed by atoms with Crippen LogP contribution in [-0.2, 0) is 4.79 Å². The van der Waals surface area contributed by atoms with Gasteiger partial charge in [-0.3, -0.25) is 4.79 Å². The molecule has 0 aromatic heterocycles. The third kappa shape index (κ3) is 5.75. The second-order valence-electron chi connectivity index (χ2n) is 5.37. The van der Waals surface area contributed by atoms with Crippen molar-refractivity contribution >= 4 is 40.6 Å². The number of anilines is 2. The number of amides is 1. The highest BCUT2D eigenvalue weighted by atomic mass is 35.5. The summed E-state index contributed by atoms with van der Waals surface area (Å²) in [4.78, 5) is 16.2. The fraction of sp³-hybridized carbons (Fsp3) is 0.533. The molecule has 0 saturated carbocycles. The average Bonchev–Trinajstić information content (AvgIpc) is 2.53. The number of carbonyl (C=O) groups is 1. The maximum atomic E-state index is 12.2. The number of rotatable bonds is 5. The van der Waals surface area contributed by atoms with Crippen molar-refractivity contribution in [3.63, 3.8) is 0 Å². The van der Waals surface area contributed by atoms with Crippen molar-refractivity contribution in [1.82, 2.24) is 4.90 Å². The van der Waals surface area contributed by atoms with E-state index >= 15 is 0 Å². The maximum Gasteiger partial charge on any atom is 0.442 e. The van der Waals surface area contributed by atoms with Gasteiger partial charge in [-0.25, -0.2) is 0 Å². The summed E-state index contributed by atoms with van der Waals surface area (Å²) in [7, 11) is 0. The first-order chi connectivity index (χ1) is 11.3. The minimum atomic E-state index is -4.43. The number of hydrogen-bond acceptors (Lipinski definition) is 4. The van der Waals surface area contributed by atoms with E-state index in [2.05, 4.69) is 22.0 Å². The molecular weight excluding hydrogens is 363 g/mol. The van der Waals surface area contributed by atoms with E-state index in [4.69, 9.17) is 11.6 Å². The number of nitrogens with one attached hydrogen (secondary N) is 1. The summed E-state index contributed by atoms with van der Waals surface area (Å²) in [5.74, 6) is -1.38. The Hall–Kier alpha value is -1.12. The molecule has 1 heterocycles. The quantitative estimate of drug-likeness (QED) is 0.844. The Kier molecular flexibility index (Phi) is 6.65. The molecule has 24 heavy (non-hydrogen) atoms. The highest BCUT2D eigenvalue weighted by Crippen LogP contribution is 2.32. The van der Waals surface area contributed by atoms with Crippen LogP contribution < -0.4 is 10.2 Å². The van der Waals surface area contributed by atoms with Gasteiger partial charge in [0.05, 0.1) is 17.1 Å². The zero-order valence-electron chi connectivity index (χ0n) is 13.2. The number of halogens is 4.